The molecule has 17 heavy (non-hydrogen) atoms. The summed E-state index contributed by atoms with van der Waals surface area (Å²) in [6.07, 6.45) is 5.20. The zero-order valence-electron chi connectivity index (χ0n) is 11.4. The number of hydrogen-bond acceptors (Lipinski definition) is 3. The fourth-order valence-corrected chi connectivity index (χ4v) is 4.23. The molecule has 1 saturated carbocycles. The molecule has 1 aliphatic carbocycles. The van der Waals surface area contributed by atoms with Gasteiger partial charge in [0.15, 0.2) is 9.84 Å². The van der Waals surface area contributed by atoms with E-state index in [0.717, 1.165) is 19.4 Å². The summed E-state index contributed by atoms with van der Waals surface area (Å²) < 4.78 is 23.9. The van der Waals surface area contributed by atoms with Crippen molar-refractivity contribution >= 4 is 9.84 Å². The van der Waals surface area contributed by atoms with Crippen molar-refractivity contribution in [2.24, 2.45) is 5.92 Å². The number of sulfone groups is 1. The molecule has 102 valence electrons. The Bertz CT molecular complexity index is 313. The van der Waals surface area contributed by atoms with Crippen LogP contribution in [0.4, 0.5) is 0 Å². The van der Waals surface area contributed by atoms with Crippen molar-refractivity contribution in [3.63, 3.8) is 0 Å². The molecule has 0 aromatic carbocycles. The Labute approximate surface area is 106 Å². The maximum Gasteiger partial charge on any atom is 0.152 e. The van der Waals surface area contributed by atoms with E-state index in [4.69, 9.17) is 0 Å². The third-order valence-electron chi connectivity index (χ3n) is 4.09. The molecule has 0 aliphatic heterocycles. The van der Waals surface area contributed by atoms with Gasteiger partial charge in [-0.05, 0) is 45.1 Å². The molecule has 1 fully saturated rings. The van der Waals surface area contributed by atoms with Crippen LogP contribution >= 0.6 is 0 Å². The molecule has 0 aromatic heterocycles. The predicted molar refractivity (Wildman–Crippen MR) is 73.0 cm³/mol. The van der Waals surface area contributed by atoms with Crippen molar-refractivity contribution in [3.05, 3.63) is 0 Å². The van der Waals surface area contributed by atoms with Crippen molar-refractivity contribution in [2.45, 2.75) is 64.2 Å². The Kier molecular flexibility index (Phi) is 5.93. The van der Waals surface area contributed by atoms with E-state index in [9.17, 15) is 8.42 Å². The van der Waals surface area contributed by atoms with E-state index < -0.39 is 9.84 Å². The highest BCUT2D eigenvalue weighted by molar-refractivity contribution is 7.91. The molecule has 3 atom stereocenters. The lowest BCUT2D eigenvalue weighted by Gasteiger charge is -2.21. The number of hydrogen-bond donors (Lipinski definition) is 1. The van der Waals surface area contributed by atoms with Crippen molar-refractivity contribution in [1.82, 2.24) is 5.32 Å². The van der Waals surface area contributed by atoms with Crippen LogP contribution in [0.5, 0.6) is 0 Å². The molecule has 4 heteroatoms. The predicted octanol–water partition coefficient (Wildman–Crippen LogP) is 2.37. The van der Waals surface area contributed by atoms with Gasteiger partial charge in [-0.2, -0.15) is 0 Å². The Morgan fingerprint density at radius 1 is 1.29 bits per heavy atom. The summed E-state index contributed by atoms with van der Waals surface area (Å²) in [6.45, 7) is 6.87. The zero-order valence-corrected chi connectivity index (χ0v) is 12.2. The molecule has 0 radical (unpaired) electrons. The van der Waals surface area contributed by atoms with Crippen LogP contribution in [-0.2, 0) is 9.84 Å². The van der Waals surface area contributed by atoms with E-state index >= 15 is 0 Å². The van der Waals surface area contributed by atoms with E-state index in [1.807, 2.05) is 13.8 Å². The number of rotatable bonds is 7. The van der Waals surface area contributed by atoms with Crippen LogP contribution in [0.3, 0.4) is 0 Å². The normalized spacial score (nSPS) is 27.2. The molecular formula is C13H27NO2S. The molecule has 3 unspecified atom stereocenters. The second-order valence-electron chi connectivity index (χ2n) is 5.23. The van der Waals surface area contributed by atoms with Crippen molar-refractivity contribution in [1.29, 1.82) is 0 Å². The standard InChI is InChI=1S/C13H27NO2S/c1-4-11(3)17(15,16)10-9-12-7-6-8-13(12)14-5-2/h11-14H,4-10H2,1-3H3. The van der Waals surface area contributed by atoms with Gasteiger partial charge in [0, 0.05) is 6.04 Å². The van der Waals surface area contributed by atoms with E-state index in [1.165, 1.54) is 19.3 Å². The maximum atomic E-state index is 12.0. The molecule has 0 heterocycles. The minimum absolute atomic E-state index is 0.179. The van der Waals surface area contributed by atoms with Crippen LogP contribution in [0.25, 0.3) is 0 Å². The second kappa shape index (κ2) is 6.74. The summed E-state index contributed by atoms with van der Waals surface area (Å²) >= 11 is 0. The SMILES string of the molecule is CCNC1CCCC1CCS(=O)(=O)C(C)CC. The van der Waals surface area contributed by atoms with Crippen LogP contribution < -0.4 is 5.32 Å². The smallest absolute Gasteiger partial charge is 0.152 e. The topological polar surface area (TPSA) is 46.2 Å². The molecule has 1 N–H and O–H groups in total. The first-order chi connectivity index (χ1) is 8.01. The first kappa shape index (κ1) is 15.0. The lowest BCUT2D eigenvalue weighted by molar-refractivity contribution is 0.397. The maximum absolute atomic E-state index is 12.0. The Balaban J connectivity index is 2.44. The van der Waals surface area contributed by atoms with Gasteiger partial charge in [0.05, 0.1) is 11.0 Å². The fraction of sp³-hybridized carbons (Fsp3) is 1.00. The summed E-state index contributed by atoms with van der Waals surface area (Å²) in [7, 11) is -2.86. The van der Waals surface area contributed by atoms with E-state index in [1.54, 1.807) is 0 Å². The Morgan fingerprint density at radius 2 is 2.00 bits per heavy atom. The van der Waals surface area contributed by atoms with Crippen LogP contribution in [-0.4, -0.2) is 32.0 Å². The minimum Gasteiger partial charge on any atom is -0.314 e. The van der Waals surface area contributed by atoms with Crippen molar-refractivity contribution in [2.75, 3.05) is 12.3 Å². The summed E-state index contributed by atoms with van der Waals surface area (Å²) in [6, 6.07) is 0.548. The van der Waals surface area contributed by atoms with Crippen LogP contribution in [0.2, 0.25) is 0 Å². The van der Waals surface area contributed by atoms with Crippen LogP contribution in [0.15, 0.2) is 0 Å². The third-order valence-corrected chi connectivity index (χ3v) is 6.45. The van der Waals surface area contributed by atoms with Crippen molar-refractivity contribution < 1.29 is 8.42 Å². The highest BCUT2D eigenvalue weighted by Gasteiger charge is 2.28. The van der Waals surface area contributed by atoms with Gasteiger partial charge in [0.1, 0.15) is 0 Å². The Morgan fingerprint density at radius 3 is 2.59 bits per heavy atom. The fourth-order valence-electron chi connectivity index (χ4n) is 2.68. The molecule has 3 nitrogen and oxygen atoms in total. The quantitative estimate of drug-likeness (QED) is 0.765. The van der Waals surface area contributed by atoms with Crippen LogP contribution in [0, 0.1) is 5.92 Å². The van der Waals surface area contributed by atoms with Gasteiger partial charge in [-0.1, -0.05) is 20.3 Å². The molecule has 1 rings (SSSR count). The van der Waals surface area contributed by atoms with Crippen molar-refractivity contribution in [3.8, 4) is 0 Å². The second-order valence-corrected chi connectivity index (χ2v) is 7.77. The first-order valence-electron chi connectivity index (χ1n) is 6.96. The summed E-state index contributed by atoms with van der Waals surface area (Å²) in [4.78, 5) is 0. The minimum atomic E-state index is -2.86. The largest absolute Gasteiger partial charge is 0.314 e. The lowest BCUT2D eigenvalue weighted by atomic mass is 10.0. The average molecular weight is 261 g/mol. The highest BCUT2D eigenvalue weighted by atomic mass is 32.2. The summed E-state index contributed by atoms with van der Waals surface area (Å²) in [5, 5.41) is 3.30. The Hall–Kier alpha value is -0.0900. The van der Waals surface area contributed by atoms with Gasteiger partial charge in [0.2, 0.25) is 0 Å². The van der Waals surface area contributed by atoms with Gasteiger partial charge >= 0.3 is 0 Å². The van der Waals surface area contributed by atoms with Gasteiger partial charge in [-0.25, -0.2) is 8.42 Å². The zero-order chi connectivity index (χ0) is 12.9. The average Bonchev–Trinajstić information content (AvgIpc) is 2.73. The highest BCUT2D eigenvalue weighted by Crippen LogP contribution is 2.29. The van der Waals surface area contributed by atoms with Crippen LogP contribution in [0.1, 0.15) is 52.9 Å². The molecular weight excluding hydrogens is 234 g/mol. The van der Waals surface area contributed by atoms with E-state index in [0.29, 0.717) is 17.7 Å². The third kappa shape index (κ3) is 4.25. The lowest BCUT2D eigenvalue weighted by Crippen LogP contribution is -2.33. The van der Waals surface area contributed by atoms with Gasteiger partial charge in [-0.3, -0.25) is 0 Å². The molecule has 0 bridgehead atoms. The van der Waals surface area contributed by atoms with Gasteiger partial charge in [0.25, 0.3) is 0 Å². The molecule has 0 amide bonds. The van der Waals surface area contributed by atoms with E-state index in [2.05, 4.69) is 12.2 Å². The molecule has 0 aromatic rings. The first-order valence-corrected chi connectivity index (χ1v) is 8.67. The molecule has 0 saturated heterocycles. The summed E-state index contributed by atoms with van der Waals surface area (Å²) in [5.41, 5.74) is 0. The van der Waals surface area contributed by atoms with Gasteiger partial charge < -0.3 is 5.32 Å². The molecule has 0 spiro atoms. The summed E-state index contributed by atoms with van der Waals surface area (Å²) in [5.74, 6) is 0.933. The van der Waals surface area contributed by atoms with Gasteiger partial charge in [-0.15, -0.1) is 0 Å². The van der Waals surface area contributed by atoms with E-state index in [-0.39, 0.29) is 5.25 Å². The monoisotopic (exact) mass is 261 g/mol. The number of nitrogens with one attached hydrogen (secondary N) is 1. The molecule has 1 aliphatic rings.